The van der Waals surface area contributed by atoms with Gasteiger partial charge in [0.2, 0.25) is 0 Å². The van der Waals surface area contributed by atoms with E-state index in [4.69, 9.17) is 4.74 Å². The second kappa shape index (κ2) is 6.25. The van der Waals surface area contributed by atoms with E-state index in [2.05, 4.69) is 4.74 Å². The lowest BCUT2D eigenvalue weighted by atomic mass is 10.1. The van der Waals surface area contributed by atoms with Crippen molar-refractivity contribution < 1.29 is 19.4 Å². The van der Waals surface area contributed by atoms with Crippen LogP contribution in [0.5, 0.6) is 5.75 Å². The first-order valence-corrected chi connectivity index (χ1v) is 5.55. The molecule has 1 atom stereocenters. The number of hydrogen-bond donors (Lipinski definition) is 1. The first-order valence-electron chi connectivity index (χ1n) is 5.55. The van der Waals surface area contributed by atoms with Crippen LogP contribution in [0.1, 0.15) is 31.9 Å². The predicted octanol–water partition coefficient (Wildman–Crippen LogP) is 2.07. The zero-order valence-electron chi connectivity index (χ0n) is 10.3. The summed E-state index contributed by atoms with van der Waals surface area (Å²) in [7, 11) is 1.30. The van der Waals surface area contributed by atoms with Gasteiger partial charge in [0, 0.05) is 5.56 Å². The number of hydrogen-bond acceptors (Lipinski definition) is 4. The largest absolute Gasteiger partial charge is 0.491 e. The van der Waals surface area contributed by atoms with Crippen molar-refractivity contribution in [3.05, 3.63) is 29.8 Å². The third-order valence-electron chi connectivity index (χ3n) is 2.23. The Morgan fingerprint density at radius 3 is 2.59 bits per heavy atom. The van der Waals surface area contributed by atoms with E-state index in [-0.39, 0.29) is 12.5 Å². The Balaban J connectivity index is 2.84. The summed E-state index contributed by atoms with van der Waals surface area (Å²) in [6, 6.07) is 7.14. The van der Waals surface area contributed by atoms with Crippen LogP contribution in [0, 0.1) is 0 Å². The zero-order chi connectivity index (χ0) is 12.8. The molecule has 0 fully saturated rings. The molecule has 94 valence electrons. The number of rotatable bonds is 5. The van der Waals surface area contributed by atoms with Gasteiger partial charge in [-0.1, -0.05) is 18.2 Å². The van der Waals surface area contributed by atoms with Crippen molar-refractivity contribution in [1.82, 2.24) is 0 Å². The highest BCUT2D eigenvalue weighted by atomic mass is 16.5. The number of benzene rings is 1. The Morgan fingerprint density at radius 2 is 2.00 bits per heavy atom. The maximum atomic E-state index is 11.1. The lowest BCUT2D eigenvalue weighted by Gasteiger charge is -2.17. The van der Waals surface area contributed by atoms with Crippen LogP contribution in [0.3, 0.4) is 0 Å². The average molecular weight is 238 g/mol. The van der Waals surface area contributed by atoms with Gasteiger partial charge in [-0.15, -0.1) is 0 Å². The van der Waals surface area contributed by atoms with Crippen molar-refractivity contribution in [2.75, 3.05) is 7.11 Å². The van der Waals surface area contributed by atoms with Gasteiger partial charge in [-0.3, -0.25) is 4.79 Å². The molecule has 0 bridgehead atoms. The van der Waals surface area contributed by atoms with Gasteiger partial charge in [0.15, 0.2) is 0 Å². The molecular formula is C13H18O4. The summed E-state index contributed by atoms with van der Waals surface area (Å²) in [6.07, 6.45) is -0.964. The van der Waals surface area contributed by atoms with Crippen molar-refractivity contribution in [2.45, 2.75) is 32.5 Å². The number of methoxy groups -OCH3 is 1. The second-order valence-corrected chi connectivity index (χ2v) is 4.00. The Hall–Kier alpha value is -1.55. The highest BCUT2D eigenvalue weighted by Crippen LogP contribution is 2.28. The van der Waals surface area contributed by atoms with Gasteiger partial charge >= 0.3 is 5.97 Å². The Bertz CT molecular complexity index is 373. The van der Waals surface area contributed by atoms with Crippen molar-refractivity contribution in [3.63, 3.8) is 0 Å². The van der Waals surface area contributed by atoms with Crippen LogP contribution in [-0.4, -0.2) is 24.3 Å². The molecule has 1 N–H and O–H groups in total. The van der Waals surface area contributed by atoms with Crippen LogP contribution < -0.4 is 4.74 Å². The number of ether oxygens (including phenoxy) is 2. The van der Waals surface area contributed by atoms with E-state index >= 15 is 0 Å². The average Bonchev–Trinajstić information content (AvgIpc) is 2.28. The van der Waals surface area contributed by atoms with Gasteiger partial charge in [0.1, 0.15) is 5.75 Å². The minimum atomic E-state index is -0.905. The maximum absolute atomic E-state index is 11.1. The molecule has 4 heteroatoms. The summed E-state index contributed by atoms with van der Waals surface area (Å²) in [5.74, 6) is 0.149. The molecule has 4 nitrogen and oxygen atoms in total. The molecule has 0 aliphatic heterocycles. The first kappa shape index (κ1) is 13.5. The normalized spacial score (nSPS) is 12.3. The Labute approximate surface area is 101 Å². The molecule has 0 aromatic heterocycles. The number of carbonyl (C=O) groups is 1. The molecule has 0 saturated heterocycles. The summed E-state index contributed by atoms with van der Waals surface area (Å²) in [5, 5.41) is 9.93. The molecule has 0 radical (unpaired) electrons. The fourth-order valence-electron chi connectivity index (χ4n) is 1.47. The molecule has 0 amide bonds. The topological polar surface area (TPSA) is 55.8 Å². The van der Waals surface area contributed by atoms with E-state index in [1.54, 1.807) is 18.2 Å². The zero-order valence-corrected chi connectivity index (χ0v) is 10.3. The van der Waals surface area contributed by atoms with Gasteiger partial charge < -0.3 is 14.6 Å². The third-order valence-corrected chi connectivity index (χ3v) is 2.23. The Kier molecular flexibility index (Phi) is 4.97. The minimum Gasteiger partial charge on any atom is -0.491 e. The van der Waals surface area contributed by atoms with Crippen molar-refractivity contribution >= 4 is 5.97 Å². The van der Waals surface area contributed by atoms with Crippen molar-refractivity contribution in [2.24, 2.45) is 0 Å². The minimum absolute atomic E-state index is 0.0153. The molecular weight excluding hydrogens is 220 g/mol. The van der Waals surface area contributed by atoms with Gasteiger partial charge in [-0.2, -0.15) is 0 Å². The van der Waals surface area contributed by atoms with Gasteiger partial charge in [0.25, 0.3) is 0 Å². The third kappa shape index (κ3) is 4.07. The van der Waals surface area contributed by atoms with E-state index in [0.717, 1.165) is 0 Å². The van der Waals surface area contributed by atoms with Crippen LogP contribution in [-0.2, 0) is 9.53 Å². The molecule has 0 aliphatic rings. The summed E-state index contributed by atoms with van der Waals surface area (Å²) in [5.41, 5.74) is 0.603. The second-order valence-electron chi connectivity index (χ2n) is 4.00. The highest BCUT2D eigenvalue weighted by molar-refractivity contribution is 5.70. The molecule has 1 aromatic carbocycles. The molecule has 0 spiro atoms. The smallest absolute Gasteiger partial charge is 0.308 e. The molecule has 1 rings (SSSR count). The summed E-state index contributed by atoms with van der Waals surface area (Å²) in [4.78, 5) is 11.1. The van der Waals surface area contributed by atoms with E-state index in [1.165, 1.54) is 7.11 Å². The van der Waals surface area contributed by atoms with E-state index in [0.29, 0.717) is 11.3 Å². The molecule has 0 saturated carbocycles. The lowest BCUT2D eigenvalue weighted by molar-refractivity contribution is -0.142. The van der Waals surface area contributed by atoms with Crippen LogP contribution in [0.2, 0.25) is 0 Å². The lowest BCUT2D eigenvalue weighted by Crippen LogP contribution is -2.12. The molecule has 17 heavy (non-hydrogen) atoms. The van der Waals surface area contributed by atoms with Gasteiger partial charge in [-0.25, -0.2) is 0 Å². The van der Waals surface area contributed by atoms with Crippen LogP contribution in [0.25, 0.3) is 0 Å². The van der Waals surface area contributed by atoms with Crippen LogP contribution in [0.4, 0.5) is 0 Å². The predicted molar refractivity (Wildman–Crippen MR) is 63.8 cm³/mol. The molecule has 0 unspecified atom stereocenters. The summed E-state index contributed by atoms with van der Waals surface area (Å²) < 4.78 is 10.1. The van der Waals surface area contributed by atoms with Crippen molar-refractivity contribution in [3.8, 4) is 5.75 Å². The fraction of sp³-hybridized carbons (Fsp3) is 0.462. The number of carbonyl (C=O) groups excluding carboxylic acids is 1. The number of para-hydroxylation sites is 1. The van der Waals surface area contributed by atoms with E-state index in [9.17, 15) is 9.90 Å². The van der Waals surface area contributed by atoms with Crippen LogP contribution in [0.15, 0.2) is 24.3 Å². The monoisotopic (exact) mass is 238 g/mol. The number of aliphatic hydroxyl groups excluding tert-OH is 1. The van der Waals surface area contributed by atoms with E-state index in [1.807, 2.05) is 19.9 Å². The number of aliphatic hydroxyl groups is 1. The quantitative estimate of drug-likeness (QED) is 0.798. The summed E-state index contributed by atoms with van der Waals surface area (Å²) >= 11 is 0. The maximum Gasteiger partial charge on any atom is 0.308 e. The summed E-state index contributed by atoms with van der Waals surface area (Å²) in [6.45, 7) is 3.81. The molecule has 1 aromatic rings. The number of esters is 1. The standard InChI is InChI=1S/C13H18O4/c1-9(2)17-12-7-5-4-6-10(12)11(14)8-13(15)16-3/h4-7,9,11,14H,8H2,1-3H3/t11-/m0/s1. The van der Waals surface area contributed by atoms with Gasteiger partial charge in [0.05, 0.1) is 25.7 Å². The fourth-order valence-corrected chi connectivity index (χ4v) is 1.47. The first-order chi connectivity index (χ1) is 8.04. The van der Waals surface area contributed by atoms with Gasteiger partial charge in [-0.05, 0) is 19.9 Å². The SMILES string of the molecule is COC(=O)C[C@H](O)c1ccccc1OC(C)C. The van der Waals surface area contributed by atoms with E-state index < -0.39 is 12.1 Å². The molecule has 0 aliphatic carbocycles. The van der Waals surface area contributed by atoms with Crippen molar-refractivity contribution in [1.29, 1.82) is 0 Å². The highest BCUT2D eigenvalue weighted by Gasteiger charge is 2.17. The molecule has 0 heterocycles. The van der Waals surface area contributed by atoms with Crippen LogP contribution >= 0.6 is 0 Å². The Morgan fingerprint density at radius 1 is 1.35 bits per heavy atom.